The second-order valence-corrected chi connectivity index (χ2v) is 22.5. The van der Waals surface area contributed by atoms with Crippen LogP contribution < -0.4 is 5.32 Å². The lowest BCUT2D eigenvalue weighted by Gasteiger charge is -2.20. The number of allylic oxidation sites excluding steroid dienone is 5. The Balaban J connectivity index is 3.42. The lowest BCUT2D eigenvalue weighted by Crippen LogP contribution is -2.45. The molecule has 0 aromatic carbocycles. The van der Waals surface area contributed by atoms with E-state index in [9.17, 15) is 19.8 Å². The molecule has 2 unspecified atom stereocenters. The summed E-state index contributed by atoms with van der Waals surface area (Å²) >= 11 is 0. The van der Waals surface area contributed by atoms with Crippen LogP contribution in [0.25, 0.3) is 0 Å². The molecule has 0 heterocycles. The van der Waals surface area contributed by atoms with E-state index in [4.69, 9.17) is 4.74 Å². The van der Waals surface area contributed by atoms with E-state index in [1.54, 1.807) is 6.08 Å². The molecule has 3 N–H and O–H groups in total. The zero-order valence-electron chi connectivity index (χ0n) is 49.1. The molecule has 0 bridgehead atoms. The zero-order chi connectivity index (χ0) is 52.9. The summed E-state index contributed by atoms with van der Waals surface area (Å²) in [6, 6.07) is -0.630. The second kappa shape index (κ2) is 62.6. The summed E-state index contributed by atoms with van der Waals surface area (Å²) in [5.41, 5.74) is 0. The Morgan fingerprint density at radius 2 is 0.685 bits per heavy atom. The number of ether oxygens (including phenoxy) is 1. The lowest BCUT2D eigenvalue weighted by molar-refractivity contribution is -0.143. The van der Waals surface area contributed by atoms with Gasteiger partial charge < -0.3 is 20.3 Å². The summed E-state index contributed by atoms with van der Waals surface area (Å²) < 4.78 is 5.49. The zero-order valence-corrected chi connectivity index (χ0v) is 49.1. The normalized spacial score (nSPS) is 12.8. The van der Waals surface area contributed by atoms with Crippen molar-refractivity contribution in [1.29, 1.82) is 0 Å². The molecule has 0 aliphatic carbocycles. The first-order chi connectivity index (χ1) is 36.0. The van der Waals surface area contributed by atoms with Crippen LogP contribution in [-0.4, -0.2) is 47.4 Å². The van der Waals surface area contributed by atoms with Crippen molar-refractivity contribution in [2.45, 2.75) is 366 Å². The van der Waals surface area contributed by atoms with Gasteiger partial charge in [-0.25, -0.2) is 0 Å². The summed E-state index contributed by atoms with van der Waals surface area (Å²) in [6.45, 7) is 4.90. The van der Waals surface area contributed by atoms with Crippen molar-refractivity contribution in [3.8, 4) is 0 Å². The van der Waals surface area contributed by atoms with Crippen molar-refractivity contribution in [3.05, 3.63) is 36.5 Å². The molecule has 0 saturated carbocycles. The third-order valence-corrected chi connectivity index (χ3v) is 15.2. The molecule has 0 fully saturated rings. The predicted molar refractivity (Wildman–Crippen MR) is 319 cm³/mol. The molecule has 0 rings (SSSR count). The molecule has 73 heavy (non-hydrogen) atoms. The Hall–Kier alpha value is -1.92. The maximum atomic E-state index is 12.5. The molecule has 2 atom stereocenters. The van der Waals surface area contributed by atoms with E-state index in [0.717, 1.165) is 51.4 Å². The molecule has 0 aliphatic rings. The van der Waals surface area contributed by atoms with E-state index in [2.05, 4.69) is 43.5 Å². The highest BCUT2D eigenvalue weighted by Gasteiger charge is 2.18. The van der Waals surface area contributed by atoms with Crippen LogP contribution in [0.15, 0.2) is 36.5 Å². The molecular formula is C67H127NO5. The standard InChI is InChI=1S/C67H127NO5/c1-3-5-7-9-11-13-15-17-19-21-24-28-31-35-39-43-47-51-55-59-65(70)64(63-69)68-66(71)60-56-52-48-44-40-36-32-29-25-22-23-26-30-34-38-42-46-50-54-58-62-73-67(72)61-57-53-49-45-41-37-33-27-20-18-16-14-12-10-8-6-4-2/h12,14,18,20,55,59,64-65,69-70H,3-11,13,15-17,19,21-54,56-58,60-63H2,1-2H3,(H,68,71)/b14-12-,20-18-,59-55+. The summed E-state index contributed by atoms with van der Waals surface area (Å²) in [6.07, 6.45) is 79.0. The largest absolute Gasteiger partial charge is 0.466 e. The van der Waals surface area contributed by atoms with Gasteiger partial charge in [0.2, 0.25) is 5.91 Å². The van der Waals surface area contributed by atoms with E-state index in [0.29, 0.717) is 19.4 Å². The van der Waals surface area contributed by atoms with Gasteiger partial charge >= 0.3 is 5.97 Å². The van der Waals surface area contributed by atoms with Gasteiger partial charge in [-0.1, -0.05) is 314 Å². The summed E-state index contributed by atoms with van der Waals surface area (Å²) in [7, 11) is 0. The maximum Gasteiger partial charge on any atom is 0.305 e. The highest BCUT2D eigenvalue weighted by atomic mass is 16.5. The fraction of sp³-hybridized carbons (Fsp3) is 0.881. The number of carbonyl (C=O) groups excluding carboxylic acids is 2. The van der Waals surface area contributed by atoms with Crippen LogP contribution in [-0.2, 0) is 14.3 Å². The van der Waals surface area contributed by atoms with Crippen LogP contribution in [0.2, 0.25) is 0 Å². The number of hydrogen-bond donors (Lipinski definition) is 3. The quantitative estimate of drug-likeness (QED) is 0.0320. The SMILES string of the molecule is CCCCC/C=C\C/C=C\CCCCCCCCCC(=O)OCCCCCCCCCCCCCCCCCCCCCCC(=O)NC(CO)C(O)/C=C/CCCCCCCCCCCCCCCCCCC. The molecular weight excluding hydrogens is 899 g/mol. The van der Waals surface area contributed by atoms with Crippen molar-refractivity contribution in [1.82, 2.24) is 5.32 Å². The Bertz CT molecular complexity index is 1180. The molecule has 0 aromatic heterocycles. The fourth-order valence-electron chi connectivity index (χ4n) is 10.1. The van der Waals surface area contributed by atoms with Gasteiger partial charge in [0, 0.05) is 12.8 Å². The minimum absolute atomic E-state index is 0.00254. The van der Waals surface area contributed by atoms with Crippen LogP contribution in [0.4, 0.5) is 0 Å². The number of esters is 1. The third kappa shape index (κ3) is 59.2. The molecule has 430 valence electrons. The second-order valence-electron chi connectivity index (χ2n) is 22.5. The molecule has 0 aromatic rings. The van der Waals surface area contributed by atoms with Gasteiger partial charge in [0.05, 0.1) is 25.4 Å². The van der Waals surface area contributed by atoms with E-state index < -0.39 is 12.1 Å². The minimum Gasteiger partial charge on any atom is -0.466 e. The summed E-state index contributed by atoms with van der Waals surface area (Å²) in [4.78, 5) is 24.6. The predicted octanol–water partition coefficient (Wildman–Crippen LogP) is 20.8. The van der Waals surface area contributed by atoms with Gasteiger partial charge in [0.25, 0.3) is 0 Å². The number of unbranched alkanes of at least 4 members (excludes halogenated alkanes) is 46. The Morgan fingerprint density at radius 3 is 1.07 bits per heavy atom. The van der Waals surface area contributed by atoms with Gasteiger partial charge in [-0.3, -0.25) is 9.59 Å². The van der Waals surface area contributed by atoms with Crippen LogP contribution in [0.5, 0.6) is 0 Å². The van der Waals surface area contributed by atoms with E-state index in [1.165, 1.54) is 276 Å². The van der Waals surface area contributed by atoms with Gasteiger partial charge in [0.1, 0.15) is 0 Å². The fourth-order valence-corrected chi connectivity index (χ4v) is 10.1. The molecule has 0 aliphatic heterocycles. The van der Waals surface area contributed by atoms with Gasteiger partial charge in [-0.05, 0) is 64.2 Å². The van der Waals surface area contributed by atoms with Gasteiger partial charge in [-0.15, -0.1) is 0 Å². The Morgan fingerprint density at radius 1 is 0.384 bits per heavy atom. The highest BCUT2D eigenvalue weighted by molar-refractivity contribution is 5.76. The van der Waals surface area contributed by atoms with Crippen molar-refractivity contribution < 1.29 is 24.5 Å². The first-order valence-electron chi connectivity index (χ1n) is 32.8. The third-order valence-electron chi connectivity index (χ3n) is 15.2. The van der Waals surface area contributed by atoms with Crippen molar-refractivity contribution in [2.75, 3.05) is 13.2 Å². The van der Waals surface area contributed by atoms with Crippen LogP contribution in [0.3, 0.4) is 0 Å². The number of rotatable bonds is 61. The molecule has 6 heteroatoms. The van der Waals surface area contributed by atoms with Gasteiger partial charge in [-0.2, -0.15) is 0 Å². The topological polar surface area (TPSA) is 95.9 Å². The Kier molecular flexibility index (Phi) is 61.0. The summed E-state index contributed by atoms with van der Waals surface area (Å²) in [5, 5.41) is 23.2. The Labute approximate surface area is 455 Å². The smallest absolute Gasteiger partial charge is 0.305 e. The monoisotopic (exact) mass is 1030 g/mol. The average molecular weight is 1030 g/mol. The minimum atomic E-state index is -0.847. The van der Waals surface area contributed by atoms with Gasteiger partial charge in [0.15, 0.2) is 0 Å². The molecule has 0 saturated heterocycles. The molecule has 0 radical (unpaired) electrons. The van der Waals surface area contributed by atoms with Crippen LogP contribution in [0.1, 0.15) is 354 Å². The summed E-state index contributed by atoms with van der Waals surface area (Å²) in [5.74, 6) is -0.0648. The molecule has 1 amide bonds. The maximum absolute atomic E-state index is 12.5. The first kappa shape index (κ1) is 71.1. The number of hydrogen-bond acceptors (Lipinski definition) is 5. The van der Waals surface area contributed by atoms with E-state index in [-0.39, 0.29) is 18.5 Å². The van der Waals surface area contributed by atoms with Crippen LogP contribution in [0, 0.1) is 0 Å². The number of aliphatic hydroxyl groups excluding tert-OH is 2. The number of carbonyl (C=O) groups is 2. The average Bonchev–Trinajstić information content (AvgIpc) is 3.39. The van der Waals surface area contributed by atoms with E-state index in [1.807, 2.05) is 6.08 Å². The van der Waals surface area contributed by atoms with Crippen molar-refractivity contribution >= 4 is 11.9 Å². The van der Waals surface area contributed by atoms with Crippen molar-refractivity contribution in [2.24, 2.45) is 0 Å². The van der Waals surface area contributed by atoms with Crippen molar-refractivity contribution in [3.63, 3.8) is 0 Å². The number of nitrogens with one attached hydrogen (secondary N) is 1. The first-order valence-corrected chi connectivity index (χ1v) is 32.8. The van der Waals surface area contributed by atoms with Crippen LogP contribution >= 0.6 is 0 Å². The lowest BCUT2D eigenvalue weighted by atomic mass is 10.0. The molecule has 6 nitrogen and oxygen atoms in total. The highest BCUT2D eigenvalue weighted by Crippen LogP contribution is 2.18. The number of amides is 1. The molecule has 0 spiro atoms. The number of aliphatic hydroxyl groups is 2. The van der Waals surface area contributed by atoms with E-state index >= 15 is 0 Å².